The molecule has 1 aromatic rings. The van der Waals surface area contributed by atoms with Crippen LogP contribution in [0, 0.1) is 0 Å². The van der Waals surface area contributed by atoms with E-state index in [9.17, 15) is 0 Å². The molecule has 1 rings (SSSR count). The molecule has 3 heteroatoms. The Labute approximate surface area is 113 Å². The van der Waals surface area contributed by atoms with Gasteiger partial charge in [-0.1, -0.05) is 25.8 Å². The fourth-order valence-corrected chi connectivity index (χ4v) is 2.40. The molecule has 0 aliphatic rings. The molecule has 1 atom stereocenters. The van der Waals surface area contributed by atoms with Crippen LogP contribution in [0.15, 0.2) is 22.7 Å². The Hall–Kier alpha value is -0.540. The first-order chi connectivity index (χ1) is 8.22. The first kappa shape index (κ1) is 14.5. The molecule has 96 valence electrons. The normalized spacial score (nSPS) is 12.5. The summed E-state index contributed by atoms with van der Waals surface area (Å²) in [6.45, 7) is 4.92. The second kappa shape index (κ2) is 7.72. The van der Waals surface area contributed by atoms with Gasteiger partial charge >= 0.3 is 0 Å². The lowest BCUT2D eigenvalue weighted by atomic mass is 10.0. The topological polar surface area (TPSA) is 21.3 Å². The van der Waals surface area contributed by atoms with Crippen LogP contribution in [0.5, 0.6) is 5.75 Å². The van der Waals surface area contributed by atoms with Crippen molar-refractivity contribution in [2.24, 2.45) is 0 Å². The molecule has 0 bridgehead atoms. The summed E-state index contributed by atoms with van der Waals surface area (Å²) in [7, 11) is 2.02. The minimum absolute atomic E-state index is 0.432. The lowest BCUT2D eigenvalue weighted by molar-refractivity contribution is 0.338. The molecule has 0 saturated carbocycles. The monoisotopic (exact) mass is 299 g/mol. The standard InChI is InChI=1S/C14H22BrNO/c1-4-6-7-13(16-3)11-8-9-14(17-5-2)12(15)10-11/h8-10,13,16H,4-7H2,1-3H3. The number of unbranched alkanes of at least 4 members (excludes halogenated alkanes) is 1. The Balaban J connectivity index is 2.79. The molecule has 1 N–H and O–H groups in total. The zero-order valence-electron chi connectivity index (χ0n) is 10.9. The third kappa shape index (κ3) is 4.32. The summed E-state index contributed by atoms with van der Waals surface area (Å²) in [6.07, 6.45) is 3.65. The fourth-order valence-electron chi connectivity index (χ4n) is 1.89. The zero-order chi connectivity index (χ0) is 12.7. The lowest BCUT2D eigenvalue weighted by Gasteiger charge is -2.17. The molecule has 0 radical (unpaired) electrons. The molecule has 1 aromatic carbocycles. The second-order valence-corrected chi connectivity index (χ2v) is 4.96. The Bertz CT molecular complexity index is 341. The Morgan fingerprint density at radius 3 is 2.65 bits per heavy atom. The van der Waals surface area contributed by atoms with Crippen LogP contribution in [-0.2, 0) is 0 Å². The third-order valence-corrected chi connectivity index (χ3v) is 3.47. The van der Waals surface area contributed by atoms with E-state index in [2.05, 4.69) is 40.3 Å². The summed E-state index contributed by atoms with van der Waals surface area (Å²) in [5, 5.41) is 3.37. The SMILES string of the molecule is CCCCC(NC)c1ccc(OCC)c(Br)c1. The van der Waals surface area contributed by atoms with Gasteiger partial charge in [0.05, 0.1) is 11.1 Å². The van der Waals surface area contributed by atoms with Crippen LogP contribution in [0.2, 0.25) is 0 Å². The van der Waals surface area contributed by atoms with Gasteiger partial charge in [0, 0.05) is 6.04 Å². The van der Waals surface area contributed by atoms with Crippen molar-refractivity contribution in [3.05, 3.63) is 28.2 Å². The molecule has 0 aliphatic heterocycles. The highest BCUT2D eigenvalue weighted by atomic mass is 79.9. The largest absolute Gasteiger partial charge is 0.493 e. The summed E-state index contributed by atoms with van der Waals surface area (Å²) in [5.41, 5.74) is 1.32. The van der Waals surface area contributed by atoms with Crippen LogP contribution in [-0.4, -0.2) is 13.7 Å². The summed E-state index contributed by atoms with van der Waals surface area (Å²) >= 11 is 3.56. The Kier molecular flexibility index (Phi) is 6.60. The first-order valence-corrected chi connectivity index (χ1v) is 7.11. The molecule has 0 aromatic heterocycles. The molecule has 0 spiro atoms. The van der Waals surface area contributed by atoms with Crippen LogP contribution in [0.1, 0.15) is 44.7 Å². The van der Waals surface area contributed by atoms with E-state index in [1.54, 1.807) is 0 Å². The smallest absolute Gasteiger partial charge is 0.133 e. The maximum atomic E-state index is 5.52. The molecule has 0 aliphatic carbocycles. The summed E-state index contributed by atoms with van der Waals surface area (Å²) < 4.78 is 6.55. The predicted molar refractivity (Wildman–Crippen MR) is 76.6 cm³/mol. The number of rotatable bonds is 7. The number of hydrogen-bond donors (Lipinski definition) is 1. The highest BCUT2D eigenvalue weighted by Crippen LogP contribution is 2.29. The number of hydrogen-bond acceptors (Lipinski definition) is 2. The van der Waals surface area contributed by atoms with E-state index in [0.29, 0.717) is 12.6 Å². The maximum Gasteiger partial charge on any atom is 0.133 e. The van der Waals surface area contributed by atoms with Gasteiger partial charge < -0.3 is 10.1 Å². The summed E-state index contributed by atoms with van der Waals surface area (Å²) in [6, 6.07) is 6.77. The number of benzene rings is 1. The lowest BCUT2D eigenvalue weighted by Crippen LogP contribution is -2.16. The molecule has 2 nitrogen and oxygen atoms in total. The fraction of sp³-hybridized carbons (Fsp3) is 0.571. The van der Waals surface area contributed by atoms with Crippen LogP contribution in [0.25, 0.3) is 0 Å². The van der Waals surface area contributed by atoms with Gasteiger partial charge in [0.25, 0.3) is 0 Å². The van der Waals surface area contributed by atoms with E-state index >= 15 is 0 Å². The van der Waals surface area contributed by atoms with Crippen molar-refractivity contribution >= 4 is 15.9 Å². The summed E-state index contributed by atoms with van der Waals surface area (Å²) in [4.78, 5) is 0. The molecule has 0 fully saturated rings. The van der Waals surface area contributed by atoms with E-state index in [1.165, 1.54) is 24.8 Å². The molecular formula is C14H22BrNO. The van der Waals surface area contributed by atoms with Gasteiger partial charge in [-0.25, -0.2) is 0 Å². The first-order valence-electron chi connectivity index (χ1n) is 6.32. The van der Waals surface area contributed by atoms with Gasteiger partial charge in [-0.2, -0.15) is 0 Å². The van der Waals surface area contributed by atoms with Gasteiger partial charge in [-0.15, -0.1) is 0 Å². The number of nitrogens with one attached hydrogen (secondary N) is 1. The highest BCUT2D eigenvalue weighted by molar-refractivity contribution is 9.10. The van der Waals surface area contributed by atoms with E-state index in [4.69, 9.17) is 4.74 Å². The Morgan fingerprint density at radius 1 is 1.35 bits per heavy atom. The highest BCUT2D eigenvalue weighted by Gasteiger charge is 2.10. The molecule has 17 heavy (non-hydrogen) atoms. The summed E-state index contributed by atoms with van der Waals surface area (Å²) in [5.74, 6) is 0.918. The minimum Gasteiger partial charge on any atom is -0.493 e. The van der Waals surface area contributed by atoms with Crippen molar-refractivity contribution < 1.29 is 4.74 Å². The van der Waals surface area contributed by atoms with Crippen LogP contribution < -0.4 is 10.1 Å². The van der Waals surface area contributed by atoms with Crippen molar-refractivity contribution in [1.82, 2.24) is 5.32 Å². The quantitative estimate of drug-likeness (QED) is 0.810. The van der Waals surface area contributed by atoms with Crippen LogP contribution in [0.4, 0.5) is 0 Å². The molecule has 0 saturated heterocycles. The van der Waals surface area contributed by atoms with Gasteiger partial charge in [0.1, 0.15) is 5.75 Å². The average Bonchev–Trinajstić information content (AvgIpc) is 2.33. The Morgan fingerprint density at radius 2 is 2.12 bits per heavy atom. The number of ether oxygens (including phenoxy) is 1. The van der Waals surface area contributed by atoms with Crippen molar-refractivity contribution in [1.29, 1.82) is 0 Å². The van der Waals surface area contributed by atoms with E-state index in [1.807, 2.05) is 20.0 Å². The molecule has 1 unspecified atom stereocenters. The molecule has 0 amide bonds. The average molecular weight is 300 g/mol. The van der Waals surface area contributed by atoms with Crippen molar-refractivity contribution in [3.8, 4) is 5.75 Å². The van der Waals surface area contributed by atoms with Gasteiger partial charge in [-0.3, -0.25) is 0 Å². The second-order valence-electron chi connectivity index (χ2n) is 4.11. The van der Waals surface area contributed by atoms with Crippen molar-refractivity contribution in [2.75, 3.05) is 13.7 Å². The minimum atomic E-state index is 0.432. The van der Waals surface area contributed by atoms with Crippen LogP contribution in [0.3, 0.4) is 0 Å². The zero-order valence-corrected chi connectivity index (χ0v) is 12.5. The van der Waals surface area contributed by atoms with Gasteiger partial charge in [-0.05, 0) is 54.0 Å². The van der Waals surface area contributed by atoms with Crippen molar-refractivity contribution in [2.45, 2.75) is 39.2 Å². The van der Waals surface area contributed by atoms with Crippen LogP contribution >= 0.6 is 15.9 Å². The van der Waals surface area contributed by atoms with E-state index < -0.39 is 0 Å². The van der Waals surface area contributed by atoms with E-state index in [-0.39, 0.29) is 0 Å². The molecular weight excluding hydrogens is 278 g/mol. The molecule has 0 heterocycles. The maximum absolute atomic E-state index is 5.52. The number of halogens is 1. The van der Waals surface area contributed by atoms with E-state index in [0.717, 1.165) is 10.2 Å². The third-order valence-electron chi connectivity index (χ3n) is 2.85. The predicted octanol–water partition coefficient (Wildman–Crippen LogP) is 4.30. The van der Waals surface area contributed by atoms with Crippen molar-refractivity contribution in [3.63, 3.8) is 0 Å². The van der Waals surface area contributed by atoms with Gasteiger partial charge in [0.15, 0.2) is 0 Å². The van der Waals surface area contributed by atoms with Gasteiger partial charge in [0.2, 0.25) is 0 Å².